The zero-order valence-electron chi connectivity index (χ0n) is 8.99. The van der Waals surface area contributed by atoms with Gasteiger partial charge in [0.15, 0.2) is 0 Å². The summed E-state index contributed by atoms with van der Waals surface area (Å²) < 4.78 is 1.50. The summed E-state index contributed by atoms with van der Waals surface area (Å²) in [5, 5.41) is 11.8. The maximum atomic E-state index is 8.61. The first-order valence-electron chi connectivity index (χ1n) is 5.21. The van der Waals surface area contributed by atoms with Gasteiger partial charge in [-0.05, 0) is 0 Å². The summed E-state index contributed by atoms with van der Waals surface area (Å²) in [6.07, 6.45) is 4.87. The zero-order valence-corrected chi connectivity index (χ0v) is 12.7. The van der Waals surface area contributed by atoms with Crippen molar-refractivity contribution >= 4 is 32.4 Å². The SMILES string of the molecule is OCCCN/C=C\[CH]([Ge])c1ccc(Br)cc1. The number of hydrogen-bond acceptors (Lipinski definition) is 2. The van der Waals surface area contributed by atoms with Crippen LogP contribution in [-0.4, -0.2) is 34.8 Å². The number of rotatable bonds is 6. The van der Waals surface area contributed by atoms with Crippen LogP contribution in [0.15, 0.2) is 41.0 Å². The molecule has 0 aliphatic rings. The van der Waals surface area contributed by atoms with E-state index in [1.54, 1.807) is 0 Å². The summed E-state index contributed by atoms with van der Waals surface area (Å²) >= 11 is 5.58. The van der Waals surface area contributed by atoms with Gasteiger partial charge >= 0.3 is 114 Å². The van der Waals surface area contributed by atoms with Crippen LogP contribution < -0.4 is 5.32 Å². The summed E-state index contributed by atoms with van der Waals surface area (Å²) in [4.78, 5) is 0. The van der Waals surface area contributed by atoms with Crippen LogP contribution in [0.1, 0.15) is 16.7 Å². The van der Waals surface area contributed by atoms with Crippen LogP contribution in [-0.2, 0) is 0 Å². The predicted octanol–water partition coefficient (Wildman–Crippen LogP) is 2.14. The van der Waals surface area contributed by atoms with Gasteiger partial charge in [0, 0.05) is 0 Å². The third-order valence-electron chi connectivity index (χ3n) is 2.11. The maximum absolute atomic E-state index is 8.61. The van der Waals surface area contributed by atoms with E-state index in [1.165, 1.54) is 5.56 Å². The molecule has 2 N–H and O–H groups in total. The molecule has 1 atom stereocenters. The summed E-state index contributed by atoms with van der Waals surface area (Å²) in [6.45, 7) is 1.06. The molecule has 16 heavy (non-hydrogen) atoms. The predicted molar refractivity (Wildman–Crippen MR) is 71.5 cm³/mol. The summed E-state index contributed by atoms with van der Waals surface area (Å²) in [7, 11) is 0. The average molecular weight is 342 g/mol. The molecule has 0 spiro atoms. The van der Waals surface area contributed by atoms with E-state index in [0.717, 1.165) is 17.4 Å². The Balaban J connectivity index is 2.39. The fourth-order valence-electron chi connectivity index (χ4n) is 1.21. The van der Waals surface area contributed by atoms with Gasteiger partial charge in [-0.3, -0.25) is 0 Å². The van der Waals surface area contributed by atoms with E-state index < -0.39 is 0 Å². The number of benzene rings is 1. The Morgan fingerprint density at radius 2 is 2.06 bits per heavy atom. The Bertz CT molecular complexity index is 326. The van der Waals surface area contributed by atoms with Crippen LogP contribution in [0.3, 0.4) is 0 Å². The van der Waals surface area contributed by atoms with E-state index >= 15 is 0 Å². The molecular formula is C12H15BrGeNO. The Kier molecular flexibility index (Phi) is 6.84. The first kappa shape index (κ1) is 13.8. The molecule has 4 heteroatoms. The number of aliphatic hydroxyl groups excluding tert-OH is 1. The van der Waals surface area contributed by atoms with E-state index in [9.17, 15) is 0 Å². The molecule has 0 aromatic heterocycles. The zero-order chi connectivity index (χ0) is 11.8. The molecule has 1 rings (SSSR count). The molecule has 0 saturated carbocycles. The number of nitrogens with one attached hydrogen (secondary N) is 1. The fourth-order valence-corrected chi connectivity index (χ4v) is 2.08. The van der Waals surface area contributed by atoms with Crippen LogP contribution in [0, 0.1) is 0 Å². The monoisotopic (exact) mass is 342 g/mol. The topological polar surface area (TPSA) is 32.3 Å². The molecule has 1 aromatic rings. The van der Waals surface area contributed by atoms with E-state index in [4.69, 9.17) is 5.11 Å². The van der Waals surface area contributed by atoms with Crippen molar-refractivity contribution in [2.24, 2.45) is 0 Å². The minimum atomic E-state index is 0.239. The fraction of sp³-hybridized carbons (Fsp3) is 0.333. The molecule has 0 fully saturated rings. The molecule has 1 unspecified atom stereocenters. The van der Waals surface area contributed by atoms with Crippen molar-refractivity contribution in [1.29, 1.82) is 0 Å². The van der Waals surface area contributed by atoms with Crippen molar-refractivity contribution < 1.29 is 5.11 Å². The molecule has 0 aliphatic carbocycles. The van der Waals surface area contributed by atoms with Crippen molar-refractivity contribution in [1.82, 2.24) is 5.32 Å². The molecule has 3 radical (unpaired) electrons. The normalized spacial score (nSPS) is 12.9. The summed E-state index contributed by atoms with van der Waals surface area (Å²) in [5.41, 5.74) is 1.29. The van der Waals surface area contributed by atoms with Gasteiger partial charge in [-0.2, -0.15) is 0 Å². The van der Waals surface area contributed by atoms with Crippen LogP contribution in [0.25, 0.3) is 0 Å². The van der Waals surface area contributed by atoms with Gasteiger partial charge in [0.1, 0.15) is 0 Å². The summed E-state index contributed by atoms with van der Waals surface area (Å²) in [5.74, 6) is 0. The first-order chi connectivity index (χ1) is 7.74. The van der Waals surface area contributed by atoms with Crippen molar-refractivity contribution in [3.63, 3.8) is 0 Å². The second-order valence-electron chi connectivity index (χ2n) is 3.42. The molecule has 0 saturated heterocycles. The Morgan fingerprint density at radius 1 is 1.38 bits per heavy atom. The number of halogens is 1. The van der Waals surface area contributed by atoms with Crippen molar-refractivity contribution in [3.8, 4) is 0 Å². The van der Waals surface area contributed by atoms with Gasteiger partial charge in [-0.1, -0.05) is 0 Å². The number of allylic oxidation sites excluding steroid dienone is 1. The Labute approximate surface area is 113 Å². The minimum absolute atomic E-state index is 0.239. The molecule has 2 nitrogen and oxygen atoms in total. The Hall–Kier alpha value is -0.257. The third-order valence-corrected chi connectivity index (χ3v) is 3.75. The second-order valence-corrected chi connectivity index (χ2v) is 5.64. The molecule has 0 bridgehead atoms. The number of aliphatic hydroxyl groups is 1. The van der Waals surface area contributed by atoms with Crippen LogP contribution in [0.4, 0.5) is 0 Å². The van der Waals surface area contributed by atoms with E-state index in [-0.39, 0.29) is 6.61 Å². The first-order valence-corrected chi connectivity index (χ1v) is 7.22. The van der Waals surface area contributed by atoms with Crippen molar-refractivity contribution in [3.05, 3.63) is 46.6 Å². The third kappa shape index (κ3) is 5.19. The van der Waals surface area contributed by atoms with Crippen molar-refractivity contribution in [2.75, 3.05) is 13.2 Å². The number of hydrogen-bond donors (Lipinski definition) is 2. The van der Waals surface area contributed by atoms with E-state index in [0.29, 0.717) is 4.75 Å². The van der Waals surface area contributed by atoms with Crippen LogP contribution in [0.2, 0.25) is 0 Å². The molecule has 85 valence electrons. The molecule has 1 aromatic carbocycles. The molecular weight excluding hydrogens is 327 g/mol. The van der Waals surface area contributed by atoms with E-state index in [2.05, 4.69) is 68.1 Å². The van der Waals surface area contributed by atoms with Crippen LogP contribution >= 0.6 is 15.9 Å². The van der Waals surface area contributed by atoms with Gasteiger partial charge in [0.25, 0.3) is 0 Å². The second kappa shape index (κ2) is 7.93. The summed E-state index contributed by atoms with van der Waals surface area (Å²) in [6, 6.07) is 8.34. The van der Waals surface area contributed by atoms with Gasteiger partial charge in [-0.15, -0.1) is 0 Å². The van der Waals surface area contributed by atoms with Gasteiger partial charge in [0.2, 0.25) is 0 Å². The Morgan fingerprint density at radius 3 is 2.69 bits per heavy atom. The average Bonchev–Trinajstić information content (AvgIpc) is 2.29. The van der Waals surface area contributed by atoms with Crippen LogP contribution in [0.5, 0.6) is 0 Å². The molecule has 0 amide bonds. The molecule has 0 aliphatic heterocycles. The van der Waals surface area contributed by atoms with Crippen molar-refractivity contribution in [2.45, 2.75) is 11.2 Å². The van der Waals surface area contributed by atoms with E-state index in [1.807, 2.05) is 6.20 Å². The molecule has 0 heterocycles. The standard InChI is InChI=1S/C12H15BrGeNO/c13-11-4-2-10(3-5-11)12(14)6-8-15-7-1-9-16/h2-6,8,12,15-16H,1,7,9H2/b8-6-. The quantitative estimate of drug-likeness (QED) is 0.614. The van der Waals surface area contributed by atoms with Gasteiger partial charge in [-0.25, -0.2) is 0 Å². The van der Waals surface area contributed by atoms with Gasteiger partial charge < -0.3 is 0 Å². The van der Waals surface area contributed by atoms with Gasteiger partial charge in [0.05, 0.1) is 0 Å².